The summed E-state index contributed by atoms with van der Waals surface area (Å²) < 4.78 is -0.704. The maximum Gasteiger partial charge on any atom is 0.247 e. The van der Waals surface area contributed by atoms with Gasteiger partial charge in [0.2, 0.25) is 17.7 Å². The topological polar surface area (TPSA) is 81.2 Å². The highest BCUT2D eigenvalue weighted by atomic mass is 32.2. The normalized spacial score (nSPS) is 29.2. The van der Waals surface area contributed by atoms with Crippen LogP contribution in [0.1, 0.15) is 38.3 Å². The molecule has 3 amide bonds. The van der Waals surface area contributed by atoms with Gasteiger partial charge >= 0.3 is 0 Å². The number of aliphatic hydroxyl groups excluding tert-OH is 1. The number of rotatable bonds is 10. The summed E-state index contributed by atoms with van der Waals surface area (Å²) in [5.41, 5.74) is 0.772. The van der Waals surface area contributed by atoms with Crippen LogP contribution in [-0.4, -0.2) is 86.4 Å². The third-order valence-electron chi connectivity index (χ3n) is 7.96. The third-order valence-corrected chi connectivity index (χ3v) is 9.91. The summed E-state index contributed by atoms with van der Waals surface area (Å²) in [7, 11) is 1.73. The molecule has 2 unspecified atom stereocenters. The number of hydrogen-bond donors (Lipinski definition) is 1. The van der Waals surface area contributed by atoms with Crippen LogP contribution in [0.25, 0.3) is 0 Å². The number of carbonyl (C=O) groups is 3. The predicted molar refractivity (Wildman–Crippen MR) is 142 cm³/mol. The van der Waals surface area contributed by atoms with E-state index in [2.05, 4.69) is 13.2 Å². The number of thioether (sulfide) groups is 1. The monoisotopic (exact) mass is 511 g/mol. The van der Waals surface area contributed by atoms with E-state index in [4.69, 9.17) is 0 Å². The van der Waals surface area contributed by atoms with Gasteiger partial charge in [-0.05, 0) is 32.3 Å². The first-order valence-electron chi connectivity index (χ1n) is 12.7. The number of likely N-dealkylation sites (N-methyl/N-ethyl adjacent to an activating group) is 1. The van der Waals surface area contributed by atoms with Crippen molar-refractivity contribution in [1.82, 2.24) is 14.7 Å². The van der Waals surface area contributed by atoms with E-state index in [9.17, 15) is 19.5 Å². The number of amides is 3. The standard InChI is InChI=1S/C28H37N3O4S/c1-6-15-29(5)25(33)22-21-13-14-28(36-21)23(22)26(34)31(20(17-32)19-11-9-8-10-12-19)24(28)27(35)30(16-7-2)18(3)4/h6-12,18,20-24,32H,1-2,13-17H2,3-5H3/t20-,21+,22-,23+,24?,28?/m1/s1. The fourth-order valence-electron chi connectivity index (χ4n) is 6.41. The van der Waals surface area contributed by atoms with E-state index in [0.717, 1.165) is 12.0 Å². The van der Waals surface area contributed by atoms with Gasteiger partial charge in [0.25, 0.3) is 0 Å². The lowest BCUT2D eigenvalue weighted by molar-refractivity contribution is -0.147. The van der Waals surface area contributed by atoms with E-state index in [0.29, 0.717) is 19.5 Å². The Hall–Kier alpha value is -2.58. The highest BCUT2D eigenvalue weighted by molar-refractivity contribution is 8.02. The van der Waals surface area contributed by atoms with Gasteiger partial charge in [-0.1, -0.05) is 42.5 Å². The van der Waals surface area contributed by atoms with Crippen molar-refractivity contribution in [3.8, 4) is 0 Å². The number of likely N-dealkylation sites (tertiary alicyclic amines) is 1. The zero-order valence-electron chi connectivity index (χ0n) is 21.4. The summed E-state index contributed by atoms with van der Waals surface area (Å²) in [4.78, 5) is 47.2. The minimum Gasteiger partial charge on any atom is -0.394 e. The summed E-state index contributed by atoms with van der Waals surface area (Å²) in [6, 6.07) is 7.82. The lowest BCUT2D eigenvalue weighted by Gasteiger charge is -2.40. The van der Waals surface area contributed by atoms with E-state index >= 15 is 0 Å². The molecule has 1 aromatic rings. The van der Waals surface area contributed by atoms with Crippen molar-refractivity contribution in [3.63, 3.8) is 0 Å². The van der Waals surface area contributed by atoms with Gasteiger partial charge in [-0.3, -0.25) is 14.4 Å². The molecule has 2 bridgehead atoms. The third kappa shape index (κ3) is 4.08. The molecule has 3 heterocycles. The number of nitrogens with zero attached hydrogens (tertiary/aromatic N) is 3. The zero-order valence-corrected chi connectivity index (χ0v) is 22.2. The van der Waals surface area contributed by atoms with Crippen LogP contribution in [0.3, 0.4) is 0 Å². The molecule has 6 atom stereocenters. The van der Waals surface area contributed by atoms with E-state index in [1.165, 1.54) is 0 Å². The summed E-state index contributed by atoms with van der Waals surface area (Å²) in [5.74, 6) is -1.53. The lowest BCUT2D eigenvalue weighted by atomic mass is 9.70. The average Bonchev–Trinajstić information content (AvgIpc) is 3.50. The van der Waals surface area contributed by atoms with Gasteiger partial charge in [0.15, 0.2) is 0 Å². The fourth-order valence-corrected chi connectivity index (χ4v) is 8.60. The Balaban J connectivity index is 1.84. The fraction of sp³-hybridized carbons (Fsp3) is 0.536. The van der Waals surface area contributed by atoms with Crippen LogP contribution in [-0.2, 0) is 14.4 Å². The second-order valence-corrected chi connectivity index (χ2v) is 11.9. The maximum absolute atomic E-state index is 14.3. The molecule has 7 nitrogen and oxygen atoms in total. The molecular weight excluding hydrogens is 474 g/mol. The molecule has 0 saturated carbocycles. The van der Waals surface area contributed by atoms with Crippen molar-refractivity contribution >= 4 is 29.5 Å². The second kappa shape index (κ2) is 10.4. The minimum absolute atomic E-state index is 0.00706. The molecule has 1 aromatic carbocycles. The molecule has 3 aliphatic rings. The predicted octanol–water partition coefficient (Wildman–Crippen LogP) is 2.88. The molecule has 3 fully saturated rings. The van der Waals surface area contributed by atoms with Crippen LogP contribution in [0.15, 0.2) is 55.6 Å². The van der Waals surface area contributed by atoms with E-state index in [-0.39, 0.29) is 35.6 Å². The first-order valence-corrected chi connectivity index (χ1v) is 13.5. The molecule has 3 aliphatic heterocycles. The van der Waals surface area contributed by atoms with Crippen LogP contribution < -0.4 is 0 Å². The Labute approximate surface area is 218 Å². The first kappa shape index (κ1) is 26.5. The van der Waals surface area contributed by atoms with Crippen molar-refractivity contribution in [2.45, 2.75) is 54.8 Å². The Bertz CT molecular complexity index is 1030. The van der Waals surface area contributed by atoms with Crippen LogP contribution in [0.4, 0.5) is 0 Å². The Kier molecular flexibility index (Phi) is 7.67. The minimum atomic E-state index is -0.771. The molecule has 0 radical (unpaired) electrons. The van der Waals surface area contributed by atoms with Gasteiger partial charge < -0.3 is 19.8 Å². The Morgan fingerprint density at radius 1 is 1.19 bits per heavy atom. The quantitative estimate of drug-likeness (QED) is 0.489. The van der Waals surface area contributed by atoms with Gasteiger partial charge in [0, 0.05) is 31.4 Å². The zero-order chi connectivity index (χ0) is 26.2. The van der Waals surface area contributed by atoms with Crippen LogP contribution in [0.2, 0.25) is 0 Å². The summed E-state index contributed by atoms with van der Waals surface area (Å²) in [5, 5.41) is 10.5. The molecule has 1 spiro atoms. The van der Waals surface area contributed by atoms with Crippen molar-refractivity contribution in [3.05, 3.63) is 61.2 Å². The molecule has 0 aliphatic carbocycles. The van der Waals surface area contributed by atoms with E-state index < -0.39 is 28.7 Å². The molecule has 1 N–H and O–H groups in total. The van der Waals surface area contributed by atoms with E-state index in [1.807, 2.05) is 44.2 Å². The highest BCUT2D eigenvalue weighted by Gasteiger charge is 2.74. The van der Waals surface area contributed by atoms with Gasteiger partial charge in [-0.15, -0.1) is 24.9 Å². The first-order chi connectivity index (χ1) is 17.2. The molecule has 3 saturated heterocycles. The molecule has 8 heteroatoms. The maximum atomic E-state index is 14.3. The molecule has 0 aromatic heterocycles. The Morgan fingerprint density at radius 3 is 2.44 bits per heavy atom. The number of benzene rings is 1. The largest absolute Gasteiger partial charge is 0.394 e. The van der Waals surface area contributed by atoms with Crippen molar-refractivity contribution in [2.24, 2.45) is 11.8 Å². The highest BCUT2D eigenvalue weighted by Crippen LogP contribution is 2.67. The van der Waals surface area contributed by atoms with Gasteiger partial charge in [0.1, 0.15) is 6.04 Å². The van der Waals surface area contributed by atoms with Crippen LogP contribution >= 0.6 is 11.8 Å². The van der Waals surface area contributed by atoms with Crippen LogP contribution in [0, 0.1) is 11.8 Å². The second-order valence-electron chi connectivity index (χ2n) is 10.3. The number of carbonyl (C=O) groups excluding carboxylic acids is 3. The molecule has 36 heavy (non-hydrogen) atoms. The van der Waals surface area contributed by atoms with Crippen LogP contribution in [0.5, 0.6) is 0 Å². The smallest absolute Gasteiger partial charge is 0.247 e. The molecular formula is C28H37N3O4S. The van der Waals surface area contributed by atoms with Gasteiger partial charge in [-0.2, -0.15) is 0 Å². The SMILES string of the molecule is C=CCN(C)C(=O)[C@@H]1[C@@H]2CCC3(S2)C(C(=O)N(CC=C)C(C)C)N([C@H](CO)c2ccccc2)C(=O)[C@H]13. The molecule has 4 rings (SSSR count). The average molecular weight is 512 g/mol. The lowest BCUT2D eigenvalue weighted by Crippen LogP contribution is -2.57. The summed E-state index contributed by atoms with van der Waals surface area (Å²) in [6.07, 6.45) is 4.84. The number of hydrogen-bond acceptors (Lipinski definition) is 5. The van der Waals surface area contributed by atoms with Crippen molar-refractivity contribution < 1.29 is 19.5 Å². The number of aliphatic hydroxyl groups is 1. The Morgan fingerprint density at radius 2 is 1.86 bits per heavy atom. The van der Waals surface area contributed by atoms with Crippen molar-refractivity contribution in [1.29, 1.82) is 0 Å². The molecule has 194 valence electrons. The summed E-state index contributed by atoms with van der Waals surface area (Å²) >= 11 is 1.64. The van der Waals surface area contributed by atoms with Gasteiger partial charge in [0.05, 0.1) is 29.2 Å². The van der Waals surface area contributed by atoms with E-state index in [1.54, 1.807) is 45.7 Å². The van der Waals surface area contributed by atoms with Gasteiger partial charge in [-0.25, -0.2) is 0 Å². The summed E-state index contributed by atoms with van der Waals surface area (Å²) in [6.45, 7) is 11.9. The van der Waals surface area contributed by atoms with Crippen molar-refractivity contribution in [2.75, 3.05) is 26.7 Å². The number of fused-ring (bicyclic) bond motifs is 1.